The number of aliphatic hydroxyl groups is 1. The van der Waals surface area contributed by atoms with E-state index in [0.29, 0.717) is 18.0 Å². The van der Waals surface area contributed by atoms with Gasteiger partial charge in [0.25, 0.3) is 0 Å². The second-order valence-corrected chi connectivity index (χ2v) is 6.27. The van der Waals surface area contributed by atoms with Gasteiger partial charge < -0.3 is 9.52 Å². The average molecular weight is 336 g/mol. The molecule has 0 amide bonds. The summed E-state index contributed by atoms with van der Waals surface area (Å²) >= 11 is 0. The number of hydrogen-bond acceptors (Lipinski definition) is 4. The van der Waals surface area contributed by atoms with Gasteiger partial charge in [0.15, 0.2) is 0 Å². The highest BCUT2D eigenvalue weighted by Crippen LogP contribution is 2.24. The van der Waals surface area contributed by atoms with Crippen molar-refractivity contribution < 1.29 is 9.52 Å². The Hall–Kier alpha value is -2.46. The van der Waals surface area contributed by atoms with Crippen LogP contribution < -0.4 is 0 Å². The van der Waals surface area contributed by atoms with E-state index in [1.54, 1.807) is 18.7 Å². The van der Waals surface area contributed by atoms with Crippen LogP contribution in [0.1, 0.15) is 49.7 Å². The van der Waals surface area contributed by atoms with Crippen molar-refractivity contribution in [2.24, 2.45) is 0 Å². The predicted octanol–water partition coefficient (Wildman–Crippen LogP) is 4.96. The lowest BCUT2D eigenvalue weighted by molar-refractivity contribution is 0.130. The molecule has 3 aromatic rings. The van der Waals surface area contributed by atoms with Gasteiger partial charge in [0, 0.05) is 18.0 Å². The van der Waals surface area contributed by atoms with Gasteiger partial charge in [0.05, 0.1) is 0 Å². The first-order chi connectivity index (χ1) is 12.3. The standard InChI is InChI=1S/C21H24N2O2/c24-20(13-7-2-1-4-9-17-10-5-3-6-11-17)21-23-19(16-25-21)18-12-8-14-22-15-18/h3,5-6,8,10-12,14-16,20,24H,1-2,4,7,9,13H2. The van der Waals surface area contributed by atoms with Crippen LogP contribution in [0.5, 0.6) is 0 Å². The molecular weight excluding hydrogens is 312 g/mol. The first-order valence-electron chi connectivity index (χ1n) is 8.91. The highest BCUT2D eigenvalue weighted by Gasteiger charge is 2.14. The lowest BCUT2D eigenvalue weighted by Gasteiger charge is -2.06. The second-order valence-electron chi connectivity index (χ2n) is 6.27. The SMILES string of the molecule is OC(CCCCCCc1ccccc1)c1nc(-c2cccnc2)co1. The summed E-state index contributed by atoms with van der Waals surface area (Å²) in [4.78, 5) is 8.45. The fraction of sp³-hybridized carbons (Fsp3) is 0.333. The highest BCUT2D eigenvalue weighted by atomic mass is 16.4. The summed E-state index contributed by atoms with van der Waals surface area (Å²) in [7, 11) is 0. The van der Waals surface area contributed by atoms with Crippen molar-refractivity contribution in [3.8, 4) is 11.3 Å². The van der Waals surface area contributed by atoms with Gasteiger partial charge in [-0.15, -0.1) is 0 Å². The van der Waals surface area contributed by atoms with Crippen LogP contribution in [0.2, 0.25) is 0 Å². The first-order valence-corrected chi connectivity index (χ1v) is 8.91. The van der Waals surface area contributed by atoms with Gasteiger partial charge in [-0.05, 0) is 37.0 Å². The summed E-state index contributed by atoms with van der Waals surface area (Å²) in [5.41, 5.74) is 3.00. The Morgan fingerprint density at radius 1 is 0.960 bits per heavy atom. The van der Waals surface area contributed by atoms with Crippen LogP contribution in [0.3, 0.4) is 0 Å². The van der Waals surface area contributed by atoms with E-state index < -0.39 is 6.10 Å². The van der Waals surface area contributed by atoms with Crippen molar-refractivity contribution in [2.45, 2.75) is 44.6 Å². The third kappa shape index (κ3) is 5.26. The van der Waals surface area contributed by atoms with Crippen LogP contribution in [-0.2, 0) is 6.42 Å². The van der Waals surface area contributed by atoms with Crippen LogP contribution in [-0.4, -0.2) is 15.1 Å². The van der Waals surface area contributed by atoms with Crippen molar-refractivity contribution >= 4 is 0 Å². The van der Waals surface area contributed by atoms with E-state index in [1.165, 1.54) is 18.4 Å². The lowest BCUT2D eigenvalue weighted by Crippen LogP contribution is -1.98. The molecule has 1 atom stereocenters. The third-order valence-corrected chi connectivity index (χ3v) is 4.30. The monoisotopic (exact) mass is 336 g/mol. The molecule has 0 spiro atoms. The fourth-order valence-electron chi connectivity index (χ4n) is 2.88. The zero-order valence-corrected chi connectivity index (χ0v) is 14.3. The Labute approximate surface area is 148 Å². The molecule has 2 aromatic heterocycles. The molecule has 0 bridgehead atoms. The summed E-state index contributed by atoms with van der Waals surface area (Å²) < 4.78 is 5.43. The molecule has 2 heterocycles. The summed E-state index contributed by atoms with van der Waals surface area (Å²) in [6.45, 7) is 0. The Morgan fingerprint density at radius 2 is 1.80 bits per heavy atom. The predicted molar refractivity (Wildman–Crippen MR) is 97.9 cm³/mol. The minimum atomic E-state index is -0.639. The van der Waals surface area contributed by atoms with Crippen molar-refractivity contribution in [3.63, 3.8) is 0 Å². The fourth-order valence-corrected chi connectivity index (χ4v) is 2.88. The maximum absolute atomic E-state index is 10.2. The van der Waals surface area contributed by atoms with Gasteiger partial charge in [-0.1, -0.05) is 49.6 Å². The molecular formula is C21H24N2O2. The summed E-state index contributed by atoms with van der Waals surface area (Å²) in [5.74, 6) is 0.392. The number of aliphatic hydroxyl groups excluding tert-OH is 1. The minimum absolute atomic E-state index is 0.392. The average Bonchev–Trinajstić information content (AvgIpc) is 3.16. The number of hydrogen-bond donors (Lipinski definition) is 1. The largest absolute Gasteiger partial charge is 0.446 e. The van der Waals surface area contributed by atoms with Gasteiger partial charge >= 0.3 is 0 Å². The quantitative estimate of drug-likeness (QED) is 0.561. The van der Waals surface area contributed by atoms with Crippen molar-refractivity contribution in [2.75, 3.05) is 0 Å². The Kier molecular flexibility index (Phi) is 6.35. The normalized spacial score (nSPS) is 12.2. The number of unbranched alkanes of at least 4 members (excludes halogenated alkanes) is 3. The van der Waals surface area contributed by atoms with Crippen LogP contribution in [0.15, 0.2) is 65.5 Å². The van der Waals surface area contributed by atoms with Crippen molar-refractivity contribution in [1.82, 2.24) is 9.97 Å². The molecule has 0 aliphatic carbocycles. The van der Waals surface area contributed by atoms with E-state index >= 15 is 0 Å². The van der Waals surface area contributed by atoms with Crippen molar-refractivity contribution in [3.05, 3.63) is 72.6 Å². The molecule has 4 nitrogen and oxygen atoms in total. The molecule has 4 heteroatoms. The molecule has 0 saturated carbocycles. The van der Waals surface area contributed by atoms with E-state index in [1.807, 2.05) is 18.2 Å². The Balaban J connectivity index is 1.37. The number of pyridine rings is 1. The smallest absolute Gasteiger partial charge is 0.223 e. The number of oxazole rings is 1. The molecule has 3 rings (SSSR count). The molecule has 1 aromatic carbocycles. The number of aryl methyl sites for hydroxylation is 1. The molecule has 130 valence electrons. The van der Waals surface area contributed by atoms with E-state index in [-0.39, 0.29) is 0 Å². The minimum Gasteiger partial charge on any atom is -0.446 e. The Bertz CT molecular complexity index is 741. The van der Waals surface area contributed by atoms with E-state index in [2.05, 4.69) is 34.2 Å². The molecule has 1 N–H and O–H groups in total. The number of aromatic nitrogens is 2. The van der Waals surface area contributed by atoms with Crippen LogP contribution in [0, 0.1) is 0 Å². The van der Waals surface area contributed by atoms with Gasteiger partial charge in [-0.3, -0.25) is 4.98 Å². The molecule has 0 aliphatic heterocycles. The Morgan fingerprint density at radius 3 is 2.60 bits per heavy atom. The van der Waals surface area contributed by atoms with Gasteiger partial charge in [0.1, 0.15) is 18.1 Å². The topological polar surface area (TPSA) is 59.2 Å². The molecule has 0 saturated heterocycles. The van der Waals surface area contributed by atoms with Crippen LogP contribution in [0.4, 0.5) is 0 Å². The zero-order chi connectivity index (χ0) is 17.3. The van der Waals surface area contributed by atoms with Crippen LogP contribution in [0.25, 0.3) is 11.3 Å². The third-order valence-electron chi connectivity index (χ3n) is 4.30. The first kappa shape index (κ1) is 17.4. The maximum atomic E-state index is 10.2. The van der Waals surface area contributed by atoms with E-state index in [0.717, 1.165) is 24.8 Å². The van der Waals surface area contributed by atoms with E-state index in [4.69, 9.17) is 4.42 Å². The number of nitrogens with zero attached hydrogens (tertiary/aromatic N) is 2. The zero-order valence-electron chi connectivity index (χ0n) is 14.3. The summed E-state index contributed by atoms with van der Waals surface area (Å²) in [6, 6.07) is 14.3. The van der Waals surface area contributed by atoms with Gasteiger partial charge in [0.2, 0.25) is 5.89 Å². The lowest BCUT2D eigenvalue weighted by atomic mass is 10.0. The second kappa shape index (κ2) is 9.14. The molecule has 0 radical (unpaired) electrons. The summed E-state index contributed by atoms with van der Waals surface area (Å²) in [6.07, 6.45) is 10.6. The van der Waals surface area contributed by atoms with E-state index in [9.17, 15) is 5.11 Å². The molecule has 1 unspecified atom stereocenters. The summed E-state index contributed by atoms with van der Waals surface area (Å²) in [5, 5.41) is 10.2. The van der Waals surface area contributed by atoms with Crippen molar-refractivity contribution in [1.29, 1.82) is 0 Å². The molecule has 0 aliphatic rings. The molecule has 0 fully saturated rings. The van der Waals surface area contributed by atoms with Gasteiger partial charge in [-0.2, -0.15) is 0 Å². The molecule has 25 heavy (non-hydrogen) atoms. The number of rotatable bonds is 9. The number of benzene rings is 1. The van der Waals surface area contributed by atoms with Crippen LogP contribution >= 0.6 is 0 Å². The van der Waals surface area contributed by atoms with Gasteiger partial charge in [-0.25, -0.2) is 4.98 Å². The highest BCUT2D eigenvalue weighted by molar-refractivity contribution is 5.56. The maximum Gasteiger partial charge on any atom is 0.223 e.